The van der Waals surface area contributed by atoms with Gasteiger partial charge in [0.25, 0.3) is 0 Å². The molecule has 0 atom stereocenters. The predicted molar refractivity (Wildman–Crippen MR) is 70.9 cm³/mol. The zero-order valence-corrected chi connectivity index (χ0v) is 10.7. The summed E-state index contributed by atoms with van der Waals surface area (Å²) in [6.07, 6.45) is 6.37. The topological polar surface area (TPSA) is 23.5 Å². The van der Waals surface area contributed by atoms with E-state index < -0.39 is 0 Å². The average molecular weight is 233 g/mol. The summed E-state index contributed by atoms with van der Waals surface area (Å²) in [5, 5.41) is 9.19. The average Bonchev–Trinajstić information content (AvgIpc) is 2.41. The van der Waals surface area contributed by atoms with E-state index in [4.69, 9.17) is 0 Å². The van der Waals surface area contributed by atoms with Gasteiger partial charge in [-0.3, -0.25) is 4.90 Å². The predicted octanol–water partition coefficient (Wildman–Crippen LogP) is 2.77. The summed E-state index contributed by atoms with van der Waals surface area (Å²) in [4.78, 5) is 2.35. The van der Waals surface area contributed by atoms with E-state index in [2.05, 4.69) is 42.3 Å². The van der Waals surface area contributed by atoms with Crippen molar-refractivity contribution in [2.75, 3.05) is 20.2 Å². The molecule has 0 saturated heterocycles. The largest absolute Gasteiger partial charge is 0.395 e. The van der Waals surface area contributed by atoms with E-state index in [-0.39, 0.29) is 12.1 Å². The Balaban J connectivity index is 2.29. The number of hydrogen-bond acceptors (Lipinski definition) is 2. The first-order valence-corrected chi connectivity index (χ1v) is 6.67. The van der Waals surface area contributed by atoms with Gasteiger partial charge in [0.1, 0.15) is 0 Å². The van der Waals surface area contributed by atoms with Gasteiger partial charge in [-0.2, -0.15) is 0 Å². The molecular weight excluding hydrogens is 210 g/mol. The SMILES string of the molecule is CN(CCO)C1(c2ccccc2)CCCCC1. The summed E-state index contributed by atoms with van der Waals surface area (Å²) in [6, 6.07) is 10.8. The van der Waals surface area contributed by atoms with Gasteiger partial charge in [0, 0.05) is 12.1 Å². The third kappa shape index (κ3) is 2.53. The Morgan fingerprint density at radius 2 is 1.76 bits per heavy atom. The van der Waals surface area contributed by atoms with Crippen molar-refractivity contribution in [1.29, 1.82) is 0 Å². The molecule has 1 aliphatic rings. The number of rotatable bonds is 4. The molecule has 0 bridgehead atoms. The lowest BCUT2D eigenvalue weighted by molar-refractivity contribution is 0.0561. The normalized spacial score (nSPS) is 19.5. The van der Waals surface area contributed by atoms with Crippen LogP contribution in [0.25, 0.3) is 0 Å². The van der Waals surface area contributed by atoms with Gasteiger partial charge in [-0.1, -0.05) is 49.6 Å². The van der Waals surface area contributed by atoms with E-state index in [1.165, 1.54) is 37.7 Å². The maximum absolute atomic E-state index is 9.19. The molecule has 0 spiro atoms. The van der Waals surface area contributed by atoms with Gasteiger partial charge in [-0.25, -0.2) is 0 Å². The van der Waals surface area contributed by atoms with Crippen molar-refractivity contribution in [3.05, 3.63) is 35.9 Å². The van der Waals surface area contributed by atoms with Crippen LogP contribution in [0.5, 0.6) is 0 Å². The molecule has 1 aromatic carbocycles. The fourth-order valence-electron chi connectivity index (χ4n) is 3.14. The molecule has 0 unspecified atom stereocenters. The summed E-state index contributed by atoms with van der Waals surface area (Å²) in [6.45, 7) is 1.000. The summed E-state index contributed by atoms with van der Waals surface area (Å²) >= 11 is 0. The monoisotopic (exact) mass is 233 g/mol. The Labute approximate surface area is 104 Å². The summed E-state index contributed by atoms with van der Waals surface area (Å²) in [5.74, 6) is 0. The van der Waals surface area contributed by atoms with Crippen molar-refractivity contribution in [1.82, 2.24) is 4.90 Å². The minimum atomic E-state index is 0.155. The number of aliphatic hydroxyl groups excluding tert-OH is 1. The summed E-state index contributed by atoms with van der Waals surface area (Å²) in [7, 11) is 2.15. The van der Waals surface area contributed by atoms with E-state index >= 15 is 0 Å². The highest BCUT2D eigenvalue weighted by Crippen LogP contribution is 2.41. The molecule has 0 heterocycles. The first-order chi connectivity index (χ1) is 8.29. The van der Waals surface area contributed by atoms with Crippen molar-refractivity contribution in [2.45, 2.75) is 37.6 Å². The standard InChI is InChI=1S/C15H23NO/c1-16(12-13-17)15(10-6-3-7-11-15)14-8-4-2-5-9-14/h2,4-5,8-9,17H,3,6-7,10-13H2,1H3. The molecule has 1 aromatic rings. The number of likely N-dealkylation sites (N-methyl/N-ethyl adjacent to an activating group) is 1. The second-order valence-corrected chi connectivity index (χ2v) is 5.10. The molecule has 0 amide bonds. The third-order valence-corrected chi connectivity index (χ3v) is 4.16. The molecular formula is C15H23NO. The number of nitrogens with zero attached hydrogens (tertiary/aromatic N) is 1. The zero-order chi connectivity index (χ0) is 12.1. The number of aliphatic hydroxyl groups is 1. The minimum absolute atomic E-state index is 0.155. The smallest absolute Gasteiger partial charge is 0.0558 e. The highest BCUT2D eigenvalue weighted by Gasteiger charge is 2.37. The summed E-state index contributed by atoms with van der Waals surface area (Å²) in [5.41, 5.74) is 1.57. The van der Waals surface area contributed by atoms with Crippen molar-refractivity contribution < 1.29 is 5.11 Å². The molecule has 1 fully saturated rings. The van der Waals surface area contributed by atoms with Crippen LogP contribution in [0.15, 0.2) is 30.3 Å². The van der Waals surface area contributed by atoms with Crippen LogP contribution in [0.1, 0.15) is 37.7 Å². The summed E-state index contributed by atoms with van der Waals surface area (Å²) < 4.78 is 0. The van der Waals surface area contributed by atoms with Crippen molar-refractivity contribution in [3.8, 4) is 0 Å². The maximum Gasteiger partial charge on any atom is 0.0558 e. The second-order valence-electron chi connectivity index (χ2n) is 5.10. The third-order valence-electron chi connectivity index (χ3n) is 4.16. The number of hydrogen-bond donors (Lipinski definition) is 1. The first-order valence-electron chi connectivity index (χ1n) is 6.67. The highest BCUT2D eigenvalue weighted by molar-refractivity contribution is 5.25. The van der Waals surface area contributed by atoms with E-state index in [9.17, 15) is 5.11 Å². The fraction of sp³-hybridized carbons (Fsp3) is 0.600. The molecule has 0 aliphatic heterocycles. The molecule has 0 aromatic heterocycles. The van der Waals surface area contributed by atoms with Gasteiger partial charge in [-0.05, 0) is 25.5 Å². The van der Waals surface area contributed by atoms with Gasteiger partial charge >= 0.3 is 0 Å². The molecule has 0 radical (unpaired) electrons. The Kier molecular flexibility index (Phi) is 4.19. The Morgan fingerprint density at radius 3 is 2.35 bits per heavy atom. The molecule has 2 rings (SSSR count). The Bertz CT molecular complexity index is 330. The van der Waals surface area contributed by atoms with Crippen LogP contribution in [0.4, 0.5) is 0 Å². The van der Waals surface area contributed by atoms with Crippen molar-refractivity contribution >= 4 is 0 Å². The van der Waals surface area contributed by atoms with Crippen LogP contribution in [-0.2, 0) is 5.54 Å². The lowest BCUT2D eigenvalue weighted by Crippen LogP contribution is -2.46. The van der Waals surface area contributed by atoms with Gasteiger partial charge < -0.3 is 5.11 Å². The van der Waals surface area contributed by atoms with Crippen LogP contribution in [0.2, 0.25) is 0 Å². The fourth-order valence-corrected chi connectivity index (χ4v) is 3.14. The van der Waals surface area contributed by atoms with Crippen LogP contribution in [0, 0.1) is 0 Å². The molecule has 1 N–H and O–H groups in total. The first kappa shape index (κ1) is 12.6. The molecule has 1 aliphatic carbocycles. The molecule has 1 saturated carbocycles. The van der Waals surface area contributed by atoms with E-state index in [0.29, 0.717) is 0 Å². The Morgan fingerprint density at radius 1 is 1.12 bits per heavy atom. The maximum atomic E-state index is 9.19. The van der Waals surface area contributed by atoms with E-state index in [1.807, 2.05) is 0 Å². The molecule has 94 valence electrons. The van der Waals surface area contributed by atoms with Crippen molar-refractivity contribution in [2.24, 2.45) is 0 Å². The lowest BCUT2D eigenvalue weighted by Gasteiger charge is -2.45. The van der Waals surface area contributed by atoms with Crippen molar-refractivity contribution in [3.63, 3.8) is 0 Å². The molecule has 2 heteroatoms. The number of benzene rings is 1. The molecule has 17 heavy (non-hydrogen) atoms. The lowest BCUT2D eigenvalue weighted by atomic mass is 9.75. The van der Waals surface area contributed by atoms with Crippen LogP contribution in [0.3, 0.4) is 0 Å². The zero-order valence-electron chi connectivity index (χ0n) is 10.7. The Hall–Kier alpha value is -0.860. The molecule has 2 nitrogen and oxygen atoms in total. The van der Waals surface area contributed by atoms with Gasteiger partial charge in [0.2, 0.25) is 0 Å². The van der Waals surface area contributed by atoms with Crippen LogP contribution >= 0.6 is 0 Å². The van der Waals surface area contributed by atoms with E-state index in [1.54, 1.807) is 0 Å². The van der Waals surface area contributed by atoms with Gasteiger partial charge in [0.05, 0.1) is 6.61 Å². The minimum Gasteiger partial charge on any atom is -0.395 e. The van der Waals surface area contributed by atoms with Gasteiger partial charge in [0.15, 0.2) is 0 Å². The van der Waals surface area contributed by atoms with Crippen LogP contribution in [-0.4, -0.2) is 30.2 Å². The van der Waals surface area contributed by atoms with E-state index in [0.717, 1.165) is 6.54 Å². The van der Waals surface area contributed by atoms with Gasteiger partial charge in [-0.15, -0.1) is 0 Å². The highest BCUT2D eigenvalue weighted by atomic mass is 16.3. The second kappa shape index (κ2) is 5.65. The quantitative estimate of drug-likeness (QED) is 0.864. The van der Waals surface area contributed by atoms with Crippen LogP contribution < -0.4 is 0 Å².